The Balaban J connectivity index is 0.000000606. The first-order valence-electron chi connectivity index (χ1n) is 5.55. The molecule has 2 heterocycles. The molecule has 1 amide bonds. The first kappa shape index (κ1) is 12.5. The molecular weight excluding hydrogens is 204 g/mol. The third kappa shape index (κ3) is 2.51. The van der Waals surface area contributed by atoms with E-state index in [2.05, 4.69) is 10.3 Å². The van der Waals surface area contributed by atoms with Crippen LogP contribution in [0, 0.1) is 6.92 Å². The summed E-state index contributed by atoms with van der Waals surface area (Å²) in [4.78, 5) is 15.3. The van der Waals surface area contributed by atoms with Crippen molar-refractivity contribution in [2.24, 2.45) is 0 Å². The Bertz CT molecular complexity index is 389. The Morgan fingerprint density at radius 2 is 2.06 bits per heavy atom. The Morgan fingerprint density at radius 1 is 1.38 bits per heavy atom. The number of carbonyl (C=O) groups is 1. The van der Waals surface area contributed by atoms with Gasteiger partial charge in [0.15, 0.2) is 0 Å². The largest absolute Gasteiger partial charge is 0.481 e. The van der Waals surface area contributed by atoms with E-state index in [1.165, 1.54) is 0 Å². The van der Waals surface area contributed by atoms with Gasteiger partial charge in [0.25, 0.3) is 0 Å². The summed E-state index contributed by atoms with van der Waals surface area (Å²) in [5.41, 5.74) is 2.23. The van der Waals surface area contributed by atoms with Crippen LogP contribution in [0.15, 0.2) is 6.07 Å². The van der Waals surface area contributed by atoms with Crippen molar-refractivity contribution >= 4 is 11.7 Å². The van der Waals surface area contributed by atoms with E-state index in [0.717, 1.165) is 17.5 Å². The first-order valence-corrected chi connectivity index (χ1v) is 5.55. The molecule has 1 aliphatic heterocycles. The van der Waals surface area contributed by atoms with Gasteiger partial charge in [0.1, 0.15) is 5.82 Å². The van der Waals surface area contributed by atoms with Crippen LogP contribution >= 0.6 is 0 Å². The summed E-state index contributed by atoms with van der Waals surface area (Å²) in [5.74, 6) is 1.22. The summed E-state index contributed by atoms with van der Waals surface area (Å²) in [7, 11) is 1.57. The number of methoxy groups -OCH3 is 1. The van der Waals surface area contributed by atoms with Crippen molar-refractivity contribution in [3.05, 3.63) is 17.2 Å². The highest BCUT2D eigenvalue weighted by molar-refractivity contribution is 5.93. The molecule has 0 atom stereocenters. The number of pyridine rings is 1. The van der Waals surface area contributed by atoms with Crippen LogP contribution in [0.25, 0.3) is 0 Å². The second-order valence-corrected chi connectivity index (χ2v) is 3.36. The predicted molar refractivity (Wildman–Crippen MR) is 63.8 cm³/mol. The van der Waals surface area contributed by atoms with Crippen molar-refractivity contribution in [3.8, 4) is 5.88 Å². The number of aryl methyl sites for hydroxylation is 1. The lowest BCUT2D eigenvalue weighted by molar-refractivity contribution is -0.116. The zero-order valence-corrected chi connectivity index (χ0v) is 10.3. The number of rotatable bonds is 1. The highest BCUT2D eigenvalue weighted by Gasteiger charge is 2.18. The maximum Gasteiger partial charge on any atom is 0.225 e. The smallest absolute Gasteiger partial charge is 0.225 e. The Kier molecular flexibility index (Phi) is 4.28. The molecule has 2 rings (SSSR count). The fraction of sp³-hybridized carbons (Fsp3) is 0.500. The topological polar surface area (TPSA) is 51.2 Å². The van der Waals surface area contributed by atoms with Crippen LogP contribution in [-0.4, -0.2) is 18.0 Å². The van der Waals surface area contributed by atoms with Crippen LogP contribution in [0.5, 0.6) is 5.88 Å². The molecule has 0 fully saturated rings. The first-order chi connectivity index (χ1) is 7.70. The van der Waals surface area contributed by atoms with Gasteiger partial charge in [0, 0.05) is 12.5 Å². The van der Waals surface area contributed by atoms with Crippen LogP contribution in [0.4, 0.5) is 5.82 Å². The fourth-order valence-corrected chi connectivity index (χ4v) is 1.63. The van der Waals surface area contributed by atoms with Crippen LogP contribution < -0.4 is 10.1 Å². The van der Waals surface area contributed by atoms with Gasteiger partial charge in [-0.15, -0.1) is 0 Å². The molecule has 0 spiro atoms. The van der Waals surface area contributed by atoms with E-state index < -0.39 is 0 Å². The van der Waals surface area contributed by atoms with Crippen molar-refractivity contribution in [1.29, 1.82) is 0 Å². The maximum atomic E-state index is 11.1. The molecule has 0 unspecified atom stereocenters. The molecule has 0 aliphatic carbocycles. The molecule has 1 aromatic heterocycles. The van der Waals surface area contributed by atoms with E-state index in [-0.39, 0.29) is 5.91 Å². The monoisotopic (exact) mass is 222 g/mol. The standard InChI is InChI=1S/C10H12N2O2.C2H6/c1-6-5-9(14-2)12-10-7(6)3-4-8(13)11-10;1-2/h5H,3-4H2,1-2H3,(H,11,12,13);1-2H3. The van der Waals surface area contributed by atoms with E-state index in [1.54, 1.807) is 7.11 Å². The minimum absolute atomic E-state index is 0.0256. The van der Waals surface area contributed by atoms with Gasteiger partial charge in [-0.1, -0.05) is 13.8 Å². The van der Waals surface area contributed by atoms with Crippen molar-refractivity contribution < 1.29 is 9.53 Å². The quantitative estimate of drug-likeness (QED) is 0.793. The number of carbonyl (C=O) groups excluding carboxylic acids is 1. The zero-order chi connectivity index (χ0) is 12.1. The Labute approximate surface area is 96.0 Å². The molecule has 4 nitrogen and oxygen atoms in total. The van der Waals surface area contributed by atoms with Gasteiger partial charge in [-0.2, -0.15) is 4.98 Å². The van der Waals surface area contributed by atoms with Gasteiger partial charge in [-0.05, 0) is 24.5 Å². The van der Waals surface area contributed by atoms with Crippen molar-refractivity contribution in [2.45, 2.75) is 33.6 Å². The number of nitrogens with one attached hydrogen (secondary N) is 1. The van der Waals surface area contributed by atoms with Crippen molar-refractivity contribution in [3.63, 3.8) is 0 Å². The van der Waals surface area contributed by atoms with E-state index in [0.29, 0.717) is 18.1 Å². The molecule has 16 heavy (non-hydrogen) atoms. The molecule has 1 aliphatic rings. The molecule has 0 radical (unpaired) electrons. The van der Waals surface area contributed by atoms with E-state index in [9.17, 15) is 4.79 Å². The summed E-state index contributed by atoms with van der Waals surface area (Å²) in [5, 5.41) is 2.75. The number of nitrogens with zero attached hydrogens (tertiary/aromatic N) is 1. The number of aromatic nitrogens is 1. The van der Waals surface area contributed by atoms with E-state index >= 15 is 0 Å². The number of ether oxygens (including phenoxy) is 1. The molecule has 0 saturated carbocycles. The number of hydrogen-bond donors (Lipinski definition) is 1. The second kappa shape index (κ2) is 5.49. The van der Waals surface area contributed by atoms with Gasteiger partial charge >= 0.3 is 0 Å². The van der Waals surface area contributed by atoms with E-state index in [4.69, 9.17) is 4.74 Å². The molecule has 4 heteroatoms. The minimum Gasteiger partial charge on any atom is -0.481 e. The van der Waals surface area contributed by atoms with Crippen molar-refractivity contribution in [2.75, 3.05) is 12.4 Å². The summed E-state index contributed by atoms with van der Waals surface area (Å²) >= 11 is 0. The van der Waals surface area contributed by atoms with Gasteiger partial charge in [-0.25, -0.2) is 0 Å². The maximum absolute atomic E-state index is 11.1. The lowest BCUT2D eigenvalue weighted by atomic mass is 10.0. The summed E-state index contributed by atoms with van der Waals surface area (Å²) < 4.78 is 5.03. The Morgan fingerprint density at radius 3 is 2.69 bits per heavy atom. The number of hydrogen-bond acceptors (Lipinski definition) is 3. The second-order valence-electron chi connectivity index (χ2n) is 3.36. The van der Waals surface area contributed by atoms with Crippen LogP contribution in [0.2, 0.25) is 0 Å². The summed E-state index contributed by atoms with van der Waals surface area (Å²) in [6, 6.07) is 1.89. The number of amides is 1. The van der Waals surface area contributed by atoms with Gasteiger partial charge in [-0.3, -0.25) is 4.79 Å². The zero-order valence-electron chi connectivity index (χ0n) is 10.3. The van der Waals surface area contributed by atoms with Gasteiger partial charge in [0.05, 0.1) is 7.11 Å². The molecule has 0 aromatic carbocycles. The van der Waals surface area contributed by atoms with Crippen LogP contribution in [0.1, 0.15) is 31.4 Å². The third-order valence-electron chi connectivity index (χ3n) is 2.39. The molecule has 1 N–H and O–H groups in total. The SMILES string of the molecule is CC.COc1cc(C)c2c(n1)NC(=O)CC2. The molecule has 0 saturated heterocycles. The summed E-state index contributed by atoms with van der Waals surface area (Å²) in [6.07, 6.45) is 1.31. The molecule has 0 bridgehead atoms. The molecular formula is C12H18N2O2. The number of fused-ring (bicyclic) bond motifs is 1. The summed E-state index contributed by atoms with van der Waals surface area (Å²) in [6.45, 7) is 6.00. The molecule has 88 valence electrons. The highest BCUT2D eigenvalue weighted by Crippen LogP contribution is 2.26. The normalized spacial score (nSPS) is 13.1. The number of anilines is 1. The van der Waals surface area contributed by atoms with Gasteiger partial charge < -0.3 is 10.1 Å². The average Bonchev–Trinajstić information content (AvgIpc) is 2.30. The van der Waals surface area contributed by atoms with Crippen LogP contribution in [0.3, 0.4) is 0 Å². The van der Waals surface area contributed by atoms with Gasteiger partial charge in [0.2, 0.25) is 11.8 Å². The lowest BCUT2D eigenvalue weighted by Crippen LogP contribution is -2.21. The minimum atomic E-state index is 0.0256. The molecule has 1 aromatic rings. The highest BCUT2D eigenvalue weighted by atomic mass is 16.5. The fourth-order valence-electron chi connectivity index (χ4n) is 1.63. The average molecular weight is 222 g/mol. The predicted octanol–water partition coefficient (Wildman–Crippen LogP) is 2.31. The van der Waals surface area contributed by atoms with Crippen LogP contribution in [-0.2, 0) is 11.2 Å². The lowest BCUT2D eigenvalue weighted by Gasteiger charge is -2.18. The Hall–Kier alpha value is -1.58. The van der Waals surface area contributed by atoms with E-state index in [1.807, 2.05) is 26.8 Å². The third-order valence-corrected chi connectivity index (χ3v) is 2.39. The van der Waals surface area contributed by atoms with Crippen molar-refractivity contribution in [1.82, 2.24) is 4.98 Å².